The molecule has 0 amide bonds. The van der Waals surface area contributed by atoms with Gasteiger partial charge in [-0.3, -0.25) is 0 Å². The highest BCUT2D eigenvalue weighted by molar-refractivity contribution is 7.25. The summed E-state index contributed by atoms with van der Waals surface area (Å²) in [5.41, 5.74) is 25.5. The Labute approximate surface area is 392 Å². The monoisotopic (exact) mass is 868 g/mol. The van der Waals surface area contributed by atoms with E-state index < -0.39 is 0 Å². The van der Waals surface area contributed by atoms with Gasteiger partial charge in [-0.15, -0.1) is 11.3 Å². The number of fused-ring (bicyclic) bond motifs is 19. The average Bonchev–Trinajstić information content (AvgIpc) is 3.97. The number of rotatable bonds is 1. The number of anilines is 2. The van der Waals surface area contributed by atoms with E-state index in [9.17, 15) is 0 Å². The smallest absolute Gasteiger partial charge is 0.333 e. The standard InChI is InChI=1S/C62H53BN2S/c1-59(2,3)34-23-26-36(27-24-34)65-49-31-41-38-18-13-16-22-51(38)66-52(41)32-43(49)55-56-53(39-19-12-15-21-45(39)62(56,9)10)54-42-29-35(60(4,5)6)25-28-48(42)64-50-30-40-37-17-11-14-20-44(37)61(7,8)46(40)33-47(50)63(65)57(55)58(54)64/h11-33H,1-10H3. The fourth-order valence-electron chi connectivity index (χ4n) is 13.1. The van der Waals surface area contributed by atoms with Crippen LogP contribution in [-0.2, 0) is 21.7 Å². The van der Waals surface area contributed by atoms with E-state index in [2.05, 4.69) is 218 Å². The molecule has 0 saturated carbocycles. The molecule has 14 rings (SSSR count). The second-order valence-corrected chi connectivity index (χ2v) is 24.0. The van der Waals surface area contributed by atoms with Crippen LogP contribution >= 0.6 is 11.3 Å². The molecule has 0 atom stereocenters. The summed E-state index contributed by atoms with van der Waals surface area (Å²) in [4.78, 5) is 2.76. The van der Waals surface area contributed by atoms with Crippen LogP contribution in [-0.4, -0.2) is 11.4 Å². The number of benzene rings is 8. The van der Waals surface area contributed by atoms with Crippen molar-refractivity contribution in [2.75, 3.05) is 4.81 Å². The third-order valence-electron chi connectivity index (χ3n) is 16.4. The minimum Gasteiger partial charge on any atom is -0.376 e. The van der Waals surface area contributed by atoms with Crippen molar-refractivity contribution in [3.8, 4) is 39.1 Å². The maximum Gasteiger partial charge on any atom is 0.333 e. The fraction of sp³-hybridized carbons (Fsp3) is 0.226. The molecular formula is C62H53BN2S. The molecule has 4 aliphatic rings. The summed E-state index contributed by atoms with van der Waals surface area (Å²) in [6, 6.07) is 54.9. The summed E-state index contributed by atoms with van der Waals surface area (Å²) in [7, 11) is 0. The van der Waals surface area contributed by atoms with Gasteiger partial charge in [-0.05, 0) is 131 Å². The number of hydrogen-bond donors (Lipinski definition) is 0. The van der Waals surface area contributed by atoms with Crippen LogP contribution < -0.4 is 15.7 Å². The molecule has 2 aliphatic carbocycles. The first-order valence-corrected chi connectivity index (χ1v) is 24.8. The third kappa shape index (κ3) is 4.73. The Morgan fingerprint density at radius 1 is 0.500 bits per heavy atom. The highest BCUT2D eigenvalue weighted by atomic mass is 32.1. The van der Waals surface area contributed by atoms with Gasteiger partial charge >= 0.3 is 6.85 Å². The van der Waals surface area contributed by atoms with E-state index in [4.69, 9.17) is 0 Å². The lowest BCUT2D eigenvalue weighted by molar-refractivity contribution is 0.590. The minimum absolute atomic E-state index is 0.0154. The zero-order valence-corrected chi connectivity index (χ0v) is 40.5. The lowest BCUT2D eigenvalue weighted by Crippen LogP contribution is -2.61. The Morgan fingerprint density at radius 3 is 1.91 bits per heavy atom. The molecule has 0 bridgehead atoms. The van der Waals surface area contributed by atoms with Crippen molar-refractivity contribution in [1.29, 1.82) is 0 Å². The summed E-state index contributed by atoms with van der Waals surface area (Å²) < 4.78 is 5.39. The lowest BCUT2D eigenvalue weighted by atomic mass is 9.43. The van der Waals surface area contributed by atoms with Gasteiger partial charge in [0.2, 0.25) is 0 Å². The van der Waals surface area contributed by atoms with Gasteiger partial charge in [0.25, 0.3) is 0 Å². The molecule has 66 heavy (non-hydrogen) atoms. The summed E-state index contributed by atoms with van der Waals surface area (Å²) in [5, 5.41) is 5.41. The Kier molecular flexibility index (Phi) is 7.27. The van der Waals surface area contributed by atoms with Crippen LogP contribution in [0.2, 0.25) is 0 Å². The Morgan fingerprint density at radius 2 is 1.17 bits per heavy atom. The molecule has 0 unspecified atom stereocenters. The van der Waals surface area contributed by atoms with Crippen LogP contribution in [0.15, 0.2) is 140 Å². The first-order valence-electron chi connectivity index (χ1n) is 24.0. The molecule has 0 N–H and O–H groups in total. The van der Waals surface area contributed by atoms with Crippen LogP contribution in [0, 0.1) is 0 Å². The predicted octanol–water partition coefficient (Wildman–Crippen LogP) is 15.6. The van der Waals surface area contributed by atoms with Gasteiger partial charge in [0, 0.05) is 64.4 Å². The van der Waals surface area contributed by atoms with Crippen molar-refractivity contribution in [2.24, 2.45) is 0 Å². The Bertz CT molecular complexity index is 3840. The van der Waals surface area contributed by atoms with Crippen molar-refractivity contribution in [3.05, 3.63) is 173 Å². The van der Waals surface area contributed by atoms with Crippen LogP contribution in [0.25, 0.3) is 81.0 Å². The second-order valence-electron chi connectivity index (χ2n) is 22.9. The summed E-state index contributed by atoms with van der Waals surface area (Å²) in [5.74, 6) is 0. The Balaban J connectivity index is 1.23. The van der Waals surface area contributed by atoms with Crippen molar-refractivity contribution in [3.63, 3.8) is 0 Å². The molecule has 2 nitrogen and oxygen atoms in total. The van der Waals surface area contributed by atoms with Crippen LogP contribution in [0.4, 0.5) is 11.4 Å². The molecule has 0 saturated heterocycles. The maximum absolute atomic E-state index is 2.76. The molecule has 2 aromatic heterocycles. The van der Waals surface area contributed by atoms with E-state index in [1.165, 1.54) is 137 Å². The summed E-state index contributed by atoms with van der Waals surface area (Å²) in [6.07, 6.45) is 0. The van der Waals surface area contributed by atoms with Gasteiger partial charge in [0.15, 0.2) is 0 Å². The van der Waals surface area contributed by atoms with E-state index >= 15 is 0 Å². The molecule has 0 spiro atoms. The van der Waals surface area contributed by atoms with E-state index in [-0.39, 0.29) is 28.5 Å². The van der Waals surface area contributed by atoms with Crippen molar-refractivity contribution in [2.45, 2.75) is 90.9 Å². The van der Waals surface area contributed by atoms with Gasteiger partial charge < -0.3 is 9.38 Å². The summed E-state index contributed by atoms with van der Waals surface area (Å²) in [6.45, 7) is 23.8. The first-order chi connectivity index (χ1) is 31.5. The van der Waals surface area contributed by atoms with Crippen molar-refractivity contribution >= 4 is 82.5 Å². The first kappa shape index (κ1) is 38.9. The number of thiophene rings is 1. The maximum atomic E-state index is 2.76. The molecule has 2 aliphatic heterocycles. The highest BCUT2D eigenvalue weighted by Crippen LogP contribution is 2.60. The Hall–Kier alpha value is -6.36. The lowest BCUT2D eigenvalue weighted by Gasteiger charge is -2.44. The molecule has 10 aromatic rings. The highest BCUT2D eigenvalue weighted by Gasteiger charge is 2.51. The molecule has 320 valence electrons. The molecule has 4 heteroatoms. The number of hydrogen-bond acceptors (Lipinski definition) is 2. The normalized spacial score (nSPS) is 15.9. The van der Waals surface area contributed by atoms with Crippen LogP contribution in [0.1, 0.15) is 103 Å². The molecule has 4 heterocycles. The van der Waals surface area contributed by atoms with E-state index in [1.807, 2.05) is 11.3 Å². The van der Waals surface area contributed by atoms with E-state index in [0.29, 0.717) is 0 Å². The van der Waals surface area contributed by atoms with Crippen LogP contribution in [0.5, 0.6) is 0 Å². The number of aromatic nitrogens is 1. The van der Waals surface area contributed by atoms with Gasteiger partial charge in [-0.2, -0.15) is 0 Å². The predicted molar refractivity (Wildman–Crippen MR) is 285 cm³/mol. The zero-order chi connectivity index (χ0) is 45.1. The molecule has 0 radical (unpaired) electrons. The zero-order valence-electron chi connectivity index (χ0n) is 39.7. The largest absolute Gasteiger partial charge is 0.376 e. The van der Waals surface area contributed by atoms with Gasteiger partial charge in [0.1, 0.15) is 0 Å². The van der Waals surface area contributed by atoms with Crippen molar-refractivity contribution < 1.29 is 0 Å². The second kappa shape index (κ2) is 12.3. The summed E-state index contributed by atoms with van der Waals surface area (Å²) >= 11 is 1.93. The molecule has 8 aromatic carbocycles. The average molecular weight is 869 g/mol. The van der Waals surface area contributed by atoms with E-state index in [1.54, 1.807) is 0 Å². The minimum atomic E-state index is -0.253. The van der Waals surface area contributed by atoms with Gasteiger partial charge in [-0.25, -0.2) is 0 Å². The van der Waals surface area contributed by atoms with Crippen LogP contribution in [0.3, 0.4) is 0 Å². The third-order valence-corrected chi connectivity index (χ3v) is 17.6. The SMILES string of the molecule is CC(C)(C)c1ccc(N2B3c4cc5c(cc4-n4c6ccc(C(C)(C)C)cc6c6c7c(c(c3c64)-c3cc4sc6ccccc6c4cc32)C(C)(C)c2ccccc2-7)-c2ccccc2C5(C)C)cc1. The van der Waals surface area contributed by atoms with Crippen molar-refractivity contribution in [1.82, 2.24) is 4.57 Å². The van der Waals surface area contributed by atoms with Gasteiger partial charge in [-0.1, -0.05) is 160 Å². The molecular weight excluding hydrogens is 816 g/mol. The number of nitrogens with zero attached hydrogens (tertiary/aromatic N) is 2. The quantitative estimate of drug-likeness (QED) is 0.149. The van der Waals surface area contributed by atoms with Gasteiger partial charge in [0.05, 0.1) is 11.0 Å². The van der Waals surface area contributed by atoms with E-state index in [0.717, 1.165) is 0 Å². The molecule has 0 fully saturated rings. The topological polar surface area (TPSA) is 8.17 Å². The fourth-order valence-corrected chi connectivity index (χ4v) is 14.3.